The summed E-state index contributed by atoms with van der Waals surface area (Å²) >= 11 is 0. The van der Waals surface area contributed by atoms with Crippen molar-refractivity contribution in [3.63, 3.8) is 0 Å². The molecule has 0 bridgehead atoms. The molecule has 0 fully saturated rings. The van der Waals surface area contributed by atoms with Crippen molar-refractivity contribution in [3.8, 4) is 0 Å². The summed E-state index contributed by atoms with van der Waals surface area (Å²) in [6.45, 7) is 1.36. The largest absolute Gasteiger partial charge is 0.488 e. The lowest BCUT2D eigenvalue weighted by atomic mass is 9.79. The lowest BCUT2D eigenvalue weighted by Gasteiger charge is -2.17. The normalized spacial score (nSPS) is 10.9. The summed E-state index contributed by atoms with van der Waals surface area (Å²) in [5, 5.41) is 18.3. The zero-order valence-electron chi connectivity index (χ0n) is 11.9. The average molecular weight is 288 g/mol. The predicted octanol–water partition coefficient (Wildman–Crippen LogP) is 0.575. The molecule has 0 aliphatic rings. The maximum Gasteiger partial charge on any atom is 0.488 e. The number of aromatic nitrogens is 1. The van der Waals surface area contributed by atoms with Crippen LogP contribution in [0.15, 0.2) is 42.7 Å². The molecule has 2 rings (SSSR count). The summed E-state index contributed by atoms with van der Waals surface area (Å²) in [4.78, 5) is 6.03. The molecule has 0 radical (unpaired) electrons. The zero-order chi connectivity index (χ0) is 15.2. The van der Waals surface area contributed by atoms with E-state index in [9.17, 15) is 4.39 Å². The van der Waals surface area contributed by atoms with Gasteiger partial charge in [-0.1, -0.05) is 6.07 Å². The van der Waals surface area contributed by atoms with Gasteiger partial charge in [0, 0.05) is 25.5 Å². The maximum atomic E-state index is 13.4. The number of hydrogen-bond acceptors (Lipinski definition) is 4. The molecule has 0 saturated heterocycles. The predicted molar refractivity (Wildman–Crippen MR) is 80.5 cm³/mol. The molecule has 2 N–H and O–H groups in total. The fourth-order valence-electron chi connectivity index (χ4n) is 2.18. The third-order valence-corrected chi connectivity index (χ3v) is 3.26. The highest BCUT2D eigenvalue weighted by molar-refractivity contribution is 6.58. The van der Waals surface area contributed by atoms with Crippen LogP contribution >= 0.6 is 0 Å². The molecule has 21 heavy (non-hydrogen) atoms. The quantitative estimate of drug-likeness (QED) is 0.763. The van der Waals surface area contributed by atoms with E-state index in [1.807, 2.05) is 19.2 Å². The van der Waals surface area contributed by atoms with Crippen LogP contribution in [0.3, 0.4) is 0 Å². The molecule has 0 saturated carbocycles. The zero-order valence-corrected chi connectivity index (χ0v) is 11.9. The Labute approximate surface area is 124 Å². The van der Waals surface area contributed by atoms with Gasteiger partial charge in [0.2, 0.25) is 0 Å². The molecule has 0 atom stereocenters. The van der Waals surface area contributed by atoms with Crippen molar-refractivity contribution in [3.05, 3.63) is 59.7 Å². The van der Waals surface area contributed by atoms with Gasteiger partial charge in [-0.05, 0) is 54.3 Å². The van der Waals surface area contributed by atoms with Crippen LogP contribution in [0.1, 0.15) is 11.1 Å². The van der Waals surface area contributed by atoms with Crippen LogP contribution in [0.25, 0.3) is 0 Å². The van der Waals surface area contributed by atoms with Gasteiger partial charge in [-0.25, -0.2) is 4.39 Å². The minimum atomic E-state index is -1.65. The lowest BCUT2D eigenvalue weighted by molar-refractivity contribution is 0.330. The first-order chi connectivity index (χ1) is 10.0. The molecule has 110 valence electrons. The van der Waals surface area contributed by atoms with Gasteiger partial charge >= 0.3 is 7.12 Å². The highest BCUT2D eigenvalue weighted by Crippen LogP contribution is 2.07. The summed E-state index contributed by atoms with van der Waals surface area (Å²) in [6.07, 6.45) is 4.40. The number of halogens is 1. The Morgan fingerprint density at radius 2 is 1.86 bits per heavy atom. The molecule has 2 aromatic rings. The number of likely N-dealkylation sites (N-methyl/N-ethyl adjacent to an activating group) is 1. The molecule has 1 aromatic heterocycles. The molecular weight excluding hydrogens is 270 g/mol. The fraction of sp³-hybridized carbons (Fsp3) is 0.267. The number of pyridine rings is 1. The second-order valence-electron chi connectivity index (χ2n) is 5.11. The first-order valence-electron chi connectivity index (χ1n) is 6.77. The van der Waals surface area contributed by atoms with Gasteiger partial charge in [-0.15, -0.1) is 0 Å². The van der Waals surface area contributed by atoms with Crippen LogP contribution in [0.2, 0.25) is 0 Å². The van der Waals surface area contributed by atoms with E-state index >= 15 is 0 Å². The van der Waals surface area contributed by atoms with E-state index in [-0.39, 0.29) is 5.46 Å². The summed E-state index contributed by atoms with van der Waals surface area (Å²) in [7, 11) is 0.294. The first-order valence-corrected chi connectivity index (χ1v) is 6.77. The van der Waals surface area contributed by atoms with E-state index in [1.54, 1.807) is 18.5 Å². The molecule has 0 unspecified atom stereocenters. The second kappa shape index (κ2) is 7.31. The molecular formula is C15H18BFN2O2. The molecule has 6 heteroatoms. The molecule has 1 aromatic carbocycles. The van der Waals surface area contributed by atoms with Crippen LogP contribution in [0.5, 0.6) is 0 Å². The minimum absolute atomic E-state index is 0.174. The standard InChI is InChI=1S/C15H18BFN2O2/c1-19(7-4-12-2-5-18-6-3-12)11-13-8-14(16(20)21)10-15(17)9-13/h2-3,5-6,8-10,20-21H,4,7,11H2,1H3. The second-order valence-corrected chi connectivity index (χ2v) is 5.11. The Morgan fingerprint density at radius 1 is 1.14 bits per heavy atom. The van der Waals surface area contributed by atoms with E-state index in [0.717, 1.165) is 24.6 Å². The van der Waals surface area contributed by atoms with Crippen molar-refractivity contribution in [2.75, 3.05) is 13.6 Å². The smallest absolute Gasteiger partial charge is 0.423 e. The van der Waals surface area contributed by atoms with E-state index in [4.69, 9.17) is 10.0 Å². The van der Waals surface area contributed by atoms with Gasteiger partial charge in [0.1, 0.15) is 5.82 Å². The Balaban J connectivity index is 1.94. The van der Waals surface area contributed by atoms with Crippen molar-refractivity contribution >= 4 is 12.6 Å². The first kappa shape index (κ1) is 15.6. The Hall–Kier alpha value is -1.76. The number of rotatable bonds is 6. The monoisotopic (exact) mass is 288 g/mol. The van der Waals surface area contributed by atoms with Gasteiger partial charge in [-0.2, -0.15) is 0 Å². The van der Waals surface area contributed by atoms with Crippen LogP contribution in [0.4, 0.5) is 4.39 Å². The molecule has 4 nitrogen and oxygen atoms in total. The fourth-order valence-corrected chi connectivity index (χ4v) is 2.18. The van der Waals surface area contributed by atoms with Crippen molar-refractivity contribution in [2.45, 2.75) is 13.0 Å². The van der Waals surface area contributed by atoms with Crippen LogP contribution in [-0.4, -0.2) is 40.6 Å². The third-order valence-electron chi connectivity index (χ3n) is 3.26. The summed E-state index contributed by atoms with van der Waals surface area (Å²) in [5.41, 5.74) is 2.09. The number of benzene rings is 1. The van der Waals surface area contributed by atoms with Gasteiger partial charge in [0.15, 0.2) is 0 Å². The van der Waals surface area contributed by atoms with Gasteiger partial charge < -0.3 is 14.9 Å². The SMILES string of the molecule is CN(CCc1ccncc1)Cc1cc(F)cc(B(O)O)c1. The van der Waals surface area contributed by atoms with Crippen LogP contribution in [0, 0.1) is 5.82 Å². The highest BCUT2D eigenvalue weighted by atomic mass is 19.1. The van der Waals surface area contributed by atoms with E-state index < -0.39 is 12.9 Å². The van der Waals surface area contributed by atoms with Crippen LogP contribution < -0.4 is 5.46 Å². The third kappa shape index (κ3) is 4.93. The van der Waals surface area contributed by atoms with Crippen molar-refractivity contribution in [1.29, 1.82) is 0 Å². The summed E-state index contributed by atoms with van der Waals surface area (Å²) in [5.74, 6) is -0.460. The summed E-state index contributed by atoms with van der Waals surface area (Å²) in [6, 6.07) is 8.09. The van der Waals surface area contributed by atoms with Crippen molar-refractivity contribution in [2.24, 2.45) is 0 Å². The molecule has 0 amide bonds. The Kier molecular flexibility index (Phi) is 5.44. The van der Waals surface area contributed by atoms with Gasteiger partial charge in [0.05, 0.1) is 0 Å². The molecule has 0 spiro atoms. The van der Waals surface area contributed by atoms with E-state index in [1.165, 1.54) is 11.6 Å². The number of nitrogens with zero attached hydrogens (tertiary/aromatic N) is 2. The lowest BCUT2D eigenvalue weighted by Crippen LogP contribution is -2.31. The van der Waals surface area contributed by atoms with E-state index in [2.05, 4.69) is 9.88 Å². The maximum absolute atomic E-state index is 13.4. The van der Waals surface area contributed by atoms with Crippen LogP contribution in [-0.2, 0) is 13.0 Å². The Bertz CT molecular complexity index is 581. The average Bonchev–Trinajstić information content (AvgIpc) is 2.45. The van der Waals surface area contributed by atoms with E-state index in [0.29, 0.717) is 6.54 Å². The molecule has 0 aliphatic heterocycles. The van der Waals surface area contributed by atoms with Gasteiger partial charge in [0.25, 0.3) is 0 Å². The topological polar surface area (TPSA) is 56.6 Å². The minimum Gasteiger partial charge on any atom is -0.423 e. The highest BCUT2D eigenvalue weighted by Gasteiger charge is 2.13. The molecule has 1 heterocycles. The van der Waals surface area contributed by atoms with Crippen molar-refractivity contribution < 1.29 is 14.4 Å². The molecule has 0 aliphatic carbocycles. The number of hydrogen-bond donors (Lipinski definition) is 2. The van der Waals surface area contributed by atoms with Gasteiger partial charge in [-0.3, -0.25) is 4.98 Å². The summed E-state index contributed by atoms with van der Waals surface area (Å²) < 4.78 is 13.4. The Morgan fingerprint density at radius 3 is 2.52 bits per heavy atom. The van der Waals surface area contributed by atoms with Crippen molar-refractivity contribution in [1.82, 2.24) is 9.88 Å².